The maximum Gasteiger partial charge on any atom is 0.189 e. The van der Waals surface area contributed by atoms with Crippen LogP contribution in [0, 0.1) is 5.41 Å². The van der Waals surface area contributed by atoms with Crippen LogP contribution in [0.4, 0.5) is 0 Å². The maximum atomic E-state index is 10.5. The summed E-state index contributed by atoms with van der Waals surface area (Å²) in [7, 11) is 0. The molecule has 0 heterocycles. The third kappa shape index (κ3) is 7.79. The van der Waals surface area contributed by atoms with E-state index < -0.39 is 42.7 Å². The van der Waals surface area contributed by atoms with Crippen molar-refractivity contribution in [2.45, 2.75) is 31.7 Å². The lowest BCUT2D eigenvalue weighted by Crippen LogP contribution is -2.44. The van der Waals surface area contributed by atoms with E-state index in [0.717, 1.165) is 0 Å². The lowest BCUT2D eigenvalue weighted by atomic mass is 9.88. The van der Waals surface area contributed by atoms with Crippen LogP contribution in [0.5, 0.6) is 0 Å². The van der Waals surface area contributed by atoms with Crippen molar-refractivity contribution in [3.8, 4) is 0 Å². The molecule has 0 radical (unpaired) electrons. The number of carbonyl (C=O) groups is 1. The Kier molecular flexibility index (Phi) is 12.9. The quantitative estimate of drug-likeness (QED) is 0.210. The highest BCUT2D eigenvalue weighted by Gasteiger charge is 2.29. The number of hydrogen-bond acceptors (Lipinski definition) is 9. The zero-order valence-corrected chi connectivity index (χ0v) is 12.0. The molecular weight excluding hydrogens is 288 g/mol. The Balaban J connectivity index is 0. The molecule has 3 atom stereocenters. The third-order valence-corrected chi connectivity index (χ3v) is 3.15. The molecular formula is C12H26O9. The van der Waals surface area contributed by atoms with Crippen LogP contribution in [0.1, 0.15) is 13.3 Å². The van der Waals surface area contributed by atoms with Gasteiger partial charge < -0.3 is 40.9 Å². The summed E-state index contributed by atoms with van der Waals surface area (Å²) in [5.41, 5.74) is -0.667. The summed E-state index contributed by atoms with van der Waals surface area (Å²) in [6.07, 6.45) is -4.63. The number of aliphatic hydroxyl groups excluding tert-OH is 8. The minimum absolute atomic E-state index is 0.156. The fourth-order valence-electron chi connectivity index (χ4n) is 1.09. The van der Waals surface area contributed by atoms with Crippen LogP contribution < -0.4 is 0 Å². The van der Waals surface area contributed by atoms with Gasteiger partial charge in [-0.2, -0.15) is 0 Å². The van der Waals surface area contributed by atoms with Crippen LogP contribution >= 0.6 is 0 Å². The summed E-state index contributed by atoms with van der Waals surface area (Å²) in [6.45, 7) is -0.334. The van der Waals surface area contributed by atoms with Crippen LogP contribution in [0.2, 0.25) is 0 Å². The van der Waals surface area contributed by atoms with E-state index >= 15 is 0 Å². The second-order valence-corrected chi connectivity index (χ2v) is 4.64. The van der Waals surface area contributed by atoms with Crippen molar-refractivity contribution in [1.82, 2.24) is 0 Å². The van der Waals surface area contributed by atoms with Gasteiger partial charge in [0.15, 0.2) is 5.78 Å². The molecule has 21 heavy (non-hydrogen) atoms. The monoisotopic (exact) mass is 314 g/mol. The molecule has 0 aliphatic carbocycles. The predicted octanol–water partition coefficient (Wildman–Crippen LogP) is -4.02. The molecule has 0 saturated carbocycles. The van der Waals surface area contributed by atoms with E-state index in [2.05, 4.69) is 0 Å². The van der Waals surface area contributed by atoms with Crippen molar-refractivity contribution in [3.63, 3.8) is 0 Å². The molecule has 8 N–H and O–H groups in total. The van der Waals surface area contributed by atoms with Gasteiger partial charge in [-0.25, -0.2) is 0 Å². The van der Waals surface area contributed by atoms with Crippen LogP contribution in [-0.4, -0.2) is 98.0 Å². The van der Waals surface area contributed by atoms with Crippen molar-refractivity contribution in [2.24, 2.45) is 5.41 Å². The van der Waals surface area contributed by atoms with E-state index in [1.165, 1.54) is 0 Å². The number of ketones is 1. The lowest BCUT2D eigenvalue weighted by molar-refractivity contribution is -0.142. The Labute approximate surface area is 122 Å². The molecule has 0 rings (SSSR count). The highest BCUT2D eigenvalue weighted by Crippen LogP contribution is 2.18. The van der Waals surface area contributed by atoms with Gasteiger partial charge in [0.1, 0.15) is 24.9 Å². The molecule has 0 fully saturated rings. The van der Waals surface area contributed by atoms with Crippen molar-refractivity contribution < 1.29 is 45.6 Å². The minimum Gasteiger partial charge on any atom is -0.396 e. The molecule has 0 saturated heterocycles. The summed E-state index contributed by atoms with van der Waals surface area (Å²) >= 11 is 0. The SMILES string of the molecule is CCC(CO)(CO)CO.O=C(CO)[C@H](O)[C@@H](O)[C@H](O)CO. The summed E-state index contributed by atoms with van der Waals surface area (Å²) in [5.74, 6) is -1.00. The van der Waals surface area contributed by atoms with Crippen LogP contribution in [-0.2, 0) is 4.79 Å². The van der Waals surface area contributed by atoms with Gasteiger partial charge in [-0.3, -0.25) is 4.79 Å². The molecule has 0 aromatic rings. The first kappa shape index (κ1) is 22.6. The van der Waals surface area contributed by atoms with E-state index in [4.69, 9.17) is 40.9 Å². The zero-order valence-electron chi connectivity index (χ0n) is 12.0. The molecule has 0 aromatic carbocycles. The van der Waals surface area contributed by atoms with Crippen molar-refractivity contribution in [1.29, 1.82) is 0 Å². The van der Waals surface area contributed by atoms with Gasteiger partial charge in [0, 0.05) is 5.41 Å². The predicted molar refractivity (Wildman–Crippen MR) is 71.2 cm³/mol. The molecule has 9 heteroatoms. The van der Waals surface area contributed by atoms with Gasteiger partial charge in [-0.15, -0.1) is 0 Å². The molecule has 0 bridgehead atoms. The van der Waals surface area contributed by atoms with Crippen LogP contribution in [0.25, 0.3) is 0 Å². The summed E-state index contributed by atoms with van der Waals surface area (Å²) in [4.78, 5) is 10.5. The molecule has 0 aliphatic heterocycles. The first-order valence-electron chi connectivity index (χ1n) is 6.40. The molecule has 0 aromatic heterocycles. The van der Waals surface area contributed by atoms with Gasteiger partial charge in [-0.1, -0.05) is 6.92 Å². The van der Waals surface area contributed by atoms with Gasteiger partial charge in [0.2, 0.25) is 0 Å². The normalized spacial score (nSPS) is 15.7. The Morgan fingerprint density at radius 1 is 0.952 bits per heavy atom. The topological polar surface area (TPSA) is 179 Å². The fraction of sp³-hybridized carbons (Fsp3) is 0.917. The first-order chi connectivity index (χ1) is 9.78. The second-order valence-electron chi connectivity index (χ2n) is 4.64. The third-order valence-electron chi connectivity index (χ3n) is 3.15. The maximum absolute atomic E-state index is 10.5. The van der Waals surface area contributed by atoms with Crippen molar-refractivity contribution >= 4 is 5.78 Å². The molecule has 0 spiro atoms. The lowest BCUT2D eigenvalue weighted by Gasteiger charge is -2.24. The largest absolute Gasteiger partial charge is 0.396 e. The molecule has 0 amide bonds. The molecule has 0 unspecified atom stereocenters. The Morgan fingerprint density at radius 3 is 1.57 bits per heavy atom. The summed E-state index contributed by atoms with van der Waals surface area (Å²) in [6, 6.07) is 0. The van der Waals surface area contributed by atoms with E-state index in [1.54, 1.807) is 0 Å². The number of carbonyl (C=O) groups excluding carboxylic acids is 1. The van der Waals surface area contributed by atoms with Gasteiger partial charge >= 0.3 is 0 Å². The van der Waals surface area contributed by atoms with E-state index in [9.17, 15) is 4.79 Å². The zero-order chi connectivity index (χ0) is 17.1. The number of Topliss-reactive ketones (excluding diaryl/α,β-unsaturated/α-hetero) is 1. The first-order valence-corrected chi connectivity index (χ1v) is 6.40. The Morgan fingerprint density at radius 2 is 1.38 bits per heavy atom. The van der Waals surface area contributed by atoms with Gasteiger partial charge in [-0.05, 0) is 6.42 Å². The molecule has 0 aliphatic rings. The minimum atomic E-state index is -1.86. The van der Waals surface area contributed by atoms with E-state index in [1.807, 2.05) is 6.92 Å². The van der Waals surface area contributed by atoms with Crippen molar-refractivity contribution in [2.75, 3.05) is 33.0 Å². The summed E-state index contributed by atoms with van der Waals surface area (Å²) in [5, 5.41) is 69.0. The molecule has 128 valence electrons. The highest BCUT2D eigenvalue weighted by molar-refractivity contribution is 5.84. The highest BCUT2D eigenvalue weighted by atomic mass is 16.4. The molecule has 9 nitrogen and oxygen atoms in total. The van der Waals surface area contributed by atoms with Crippen LogP contribution in [0.3, 0.4) is 0 Å². The number of aliphatic hydroxyl groups is 8. The van der Waals surface area contributed by atoms with E-state index in [0.29, 0.717) is 6.42 Å². The standard InChI is InChI=1S/C6H12O6.C6H14O3/c7-1-3(9)5(11)6(12)4(10)2-8;1-2-6(3-7,4-8)5-9/h3,5-9,11-12H,1-2H2;7-9H,2-5H2,1H3/t3-,5+,6+;/m1./s1. The second kappa shape index (κ2) is 12.0. The van der Waals surface area contributed by atoms with Gasteiger partial charge in [0.05, 0.1) is 26.4 Å². The fourth-order valence-corrected chi connectivity index (χ4v) is 1.09. The van der Waals surface area contributed by atoms with E-state index in [-0.39, 0.29) is 19.8 Å². The Hall–Kier alpha value is -0.650. The number of hydrogen-bond donors (Lipinski definition) is 8. The Bertz CT molecular complexity index is 250. The van der Waals surface area contributed by atoms with Crippen LogP contribution in [0.15, 0.2) is 0 Å². The summed E-state index contributed by atoms with van der Waals surface area (Å²) < 4.78 is 0. The average Bonchev–Trinajstić information content (AvgIpc) is 2.55. The average molecular weight is 314 g/mol. The smallest absolute Gasteiger partial charge is 0.189 e. The van der Waals surface area contributed by atoms with Gasteiger partial charge in [0.25, 0.3) is 0 Å². The number of rotatable bonds is 9. The van der Waals surface area contributed by atoms with Crippen molar-refractivity contribution in [3.05, 3.63) is 0 Å².